The van der Waals surface area contributed by atoms with E-state index in [1.54, 1.807) is 12.1 Å². The Kier molecular flexibility index (Phi) is 5.96. The van der Waals surface area contributed by atoms with Crippen LogP contribution in [0.3, 0.4) is 0 Å². The average Bonchev–Trinajstić information content (AvgIpc) is 2.68. The predicted molar refractivity (Wildman–Crippen MR) is 97.0 cm³/mol. The topological polar surface area (TPSA) is 52.7 Å². The lowest BCUT2D eigenvalue weighted by atomic mass is 10.2. The van der Waals surface area contributed by atoms with E-state index in [9.17, 15) is 14.0 Å². The first-order chi connectivity index (χ1) is 12.6. The predicted octanol–water partition coefficient (Wildman–Crippen LogP) is 1.90. The van der Waals surface area contributed by atoms with Crippen LogP contribution >= 0.6 is 0 Å². The zero-order valence-corrected chi connectivity index (χ0v) is 14.5. The summed E-state index contributed by atoms with van der Waals surface area (Å²) in [4.78, 5) is 28.4. The van der Waals surface area contributed by atoms with Gasteiger partial charge in [0, 0.05) is 38.3 Å². The van der Waals surface area contributed by atoms with E-state index in [2.05, 4.69) is 5.32 Å². The molecule has 5 nitrogen and oxygen atoms in total. The molecule has 0 radical (unpaired) electrons. The fraction of sp³-hybridized carbons (Fsp3) is 0.300. The first-order valence-corrected chi connectivity index (χ1v) is 8.69. The van der Waals surface area contributed by atoms with Crippen LogP contribution in [0, 0.1) is 5.82 Å². The molecule has 1 saturated heterocycles. The molecule has 26 heavy (non-hydrogen) atoms. The maximum absolute atomic E-state index is 12.9. The molecule has 1 heterocycles. The van der Waals surface area contributed by atoms with Gasteiger partial charge in [-0.15, -0.1) is 0 Å². The molecule has 1 fully saturated rings. The van der Waals surface area contributed by atoms with Crippen LogP contribution in [0.4, 0.5) is 4.39 Å². The number of carbonyl (C=O) groups excluding carboxylic acids is 2. The van der Waals surface area contributed by atoms with Crippen LogP contribution in [0.15, 0.2) is 54.6 Å². The second-order valence-corrected chi connectivity index (χ2v) is 6.34. The standard InChI is InChI=1S/C20H22FN3O2/c21-18-8-6-16(7-9-18)14-22-19(25)15-23-10-12-24(13-11-23)20(26)17-4-2-1-3-5-17/h1-9H,10-15H2,(H,22,25). The molecule has 0 aromatic heterocycles. The van der Waals surface area contributed by atoms with Gasteiger partial charge in [-0.1, -0.05) is 30.3 Å². The fourth-order valence-electron chi connectivity index (χ4n) is 2.93. The Bertz CT molecular complexity index is 741. The molecule has 3 rings (SSSR count). The molecule has 0 saturated carbocycles. The molecule has 2 amide bonds. The van der Waals surface area contributed by atoms with Gasteiger partial charge < -0.3 is 10.2 Å². The summed E-state index contributed by atoms with van der Waals surface area (Å²) in [5.74, 6) is -0.328. The molecule has 0 aliphatic carbocycles. The lowest BCUT2D eigenvalue weighted by molar-refractivity contribution is -0.122. The normalized spacial score (nSPS) is 14.9. The quantitative estimate of drug-likeness (QED) is 0.891. The Balaban J connectivity index is 1.41. The lowest BCUT2D eigenvalue weighted by Crippen LogP contribution is -2.51. The largest absolute Gasteiger partial charge is 0.351 e. The van der Waals surface area contributed by atoms with E-state index < -0.39 is 0 Å². The minimum atomic E-state index is -0.289. The van der Waals surface area contributed by atoms with Crippen LogP contribution in [0.25, 0.3) is 0 Å². The second-order valence-electron chi connectivity index (χ2n) is 6.34. The van der Waals surface area contributed by atoms with Gasteiger partial charge in [0.1, 0.15) is 5.82 Å². The number of nitrogens with zero attached hydrogens (tertiary/aromatic N) is 2. The van der Waals surface area contributed by atoms with E-state index >= 15 is 0 Å². The number of rotatable bonds is 5. The number of amides is 2. The Morgan fingerprint density at radius 2 is 1.58 bits per heavy atom. The smallest absolute Gasteiger partial charge is 0.253 e. The third-order valence-electron chi connectivity index (χ3n) is 4.45. The molecule has 6 heteroatoms. The molecule has 2 aromatic rings. The zero-order valence-electron chi connectivity index (χ0n) is 14.5. The van der Waals surface area contributed by atoms with Gasteiger partial charge in [0.2, 0.25) is 5.91 Å². The van der Waals surface area contributed by atoms with Gasteiger partial charge in [0.25, 0.3) is 5.91 Å². The molecule has 136 valence electrons. The highest BCUT2D eigenvalue weighted by molar-refractivity contribution is 5.94. The van der Waals surface area contributed by atoms with E-state index in [0.29, 0.717) is 44.8 Å². The van der Waals surface area contributed by atoms with Gasteiger partial charge in [0.15, 0.2) is 0 Å². The number of benzene rings is 2. The molecule has 2 aromatic carbocycles. The summed E-state index contributed by atoms with van der Waals surface area (Å²) in [5.41, 5.74) is 1.55. The lowest BCUT2D eigenvalue weighted by Gasteiger charge is -2.34. The highest BCUT2D eigenvalue weighted by Gasteiger charge is 2.23. The van der Waals surface area contributed by atoms with Crippen molar-refractivity contribution in [3.8, 4) is 0 Å². The molecule has 1 aliphatic heterocycles. The van der Waals surface area contributed by atoms with Gasteiger partial charge in [0.05, 0.1) is 6.54 Å². The number of hydrogen-bond donors (Lipinski definition) is 1. The number of carbonyl (C=O) groups is 2. The Morgan fingerprint density at radius 3 is 2.23 bits per heavy atom. The fourth-order valence-corrected chi connectivity index (χ4v) is 2.93. The van der Waals surface area contributed by atoms with Crippen molar-refractivity contribution >= 4 is 11.8 Å². The van der Waals surface area contributed by atoms with E-state index in [1.807, 2.05) is 40.1 Å². The van der Waals surface area contributed by atoms with E-state index in [1.165, 1.54) is 12.1 Å². The van der Waals surface area contributed by atoms with E-state index in [4.69, 9.17) is 0 Å². The van der Waals surface area contributed by atoms with Crippen molar-refractivity contribution in [3.63, 3.8) is 0 Å². The van der Waals surface area contributed by atoms with Gasteiger partial charge in [-0.05, 0) is 29.8 Å². The third-order valence-corrected chi connectivity index (χ3v) is 4.45. The summed E-state index contributed by atoms with van der Waals surface area (Å²) in [6.07, 6.45) is 0. The average molecular weight is 355 g/mol. The van der Waals surface area contributed by atoms with Gasteiger partial charge in [-0.25, -0.2) is 4.39 Å². The van der Waals surface area contributed by atoms with Crippen LogP contribution in [0.1, 0.15) is 15.9 Å². The van der Waals surface area contributed by atoms with Gasteiger partial charge in [-0.3, -0.25) is 14.5 Å². The molecule has 1 aliphatic rings. The van der Waals surface area contributed by atoms with Crippen LogP contribution in [-0.2, 0) is 11.3 Å². The third kappa shape index (κ3) is 4.89. The van der Waals surface area contributed by atoms with Crippen LogP contribution < -0.4 is 5.32 Å². The SMILES string of the molecule is O=C(CN1CCN(C(=O)c2ccccc2)CC1)NCc1ccc(F)cc1. The van der Waals surface area contributed by atoms with Crippen molar-refractivity contribution in [2.24, 2.45) is 0 Å². The van der Waals surface area contributed by atoms with Crippen LogP contribution in [0.2, 0.25) is 0 Å². The monoisotopic (exact) mass is 355 g/mol. The van der Waals surface area contributed by atoms with Gasteiger partial charge >= 0.3 is 0 Å². The molecule has 1 N–H and O–H groups in total. The van der Waals surface area contributed by atoms with E-state index in [0.717, 1.165) is 5.56 Å². The Hall–Kier alpha value is -2.73. The maximum Gasteiger partial charge on any atom is 0.253 e. The second kappa shape index (κ2) is 8.58. The summed E-state index contributed by atoms with van der Waals surface area (Å²) in [6, 6.07) is 15.3. The number of piperazine rings is 1. The summed E-state index contributed by atoms with van der Waals surface area (Å²) < 4.78 is 12.9. The highest BCUT2D eigenvalue weighted by Crippen LogP contribution is 2.08. The van der Waals surface area contributed by atoms with E-state index in [-0.39, 0.29) is 17.6 Å². The summed E-state index contributed by atoms with van der Waals surface area (Å²) in [5, 5.41) is 2.84. The summed E-state index contributed by atoms with van der Waals surface area (Å²) in [7, 11) is 0. The maximum atomic E-state index is 12.9. The molecule has 0 atom stereocenters. The minimum Gasteiger partial charge on any atom is -0.351 e. The first kappa shape index (κ1) is 18.1. The molecular formula is C20H22FN3O2. The Morgan fingerprint density at radius 1 is 0.923 bits per heavy atom. The van der Waals surface area contributed by atoms with Gasteiger partial charge in [-0.2, -0.15) is 0 Å². The van der Waals surface area contributed by atoms with Crippen LogP contribution in [0.5, 0.6) is 0 Å². The highest BCUT2D eigenvalue weighted by atomic mass is 19.1. The molecule has 0 spiro atoms. The zero-order chi connectivity index (χ0) is 18.4. The van der Waals surface area contributed by atoms with Crippen LogP contribution in [-0.4, -0.2) is 54.3 Å². The number of halogens is 1. The van der Waals surface area contributed by atoms with Crippen molar-refractivity contribution in [1.82, 2.24) is 15.1 Å². The summed E-state index contributed by atoms with van der Waals surface area (Å²) in [6.45, 7) is 3.24. The van der Waals surface area contributed by atoms with Crippen molar-refractivity contribution in [2.75, 3.05) is 32.7 Å². The van der Waals surface area contributed by atoms with Crippen molar-refractivity contribution in [2.45, 2.75) is 6.54 Å². The Labute approximate surface area is 152 Å². The van der Waals surface area contributed by atoms with Crippen molar-refractivity contribution < 1.29 is 14.0 Å². The van der Waals surface area contributed by atoms with Crippen molar-refractivity contribution in [1.29, 1.82) is 0 Å². The first-order valence-electron chi connectivity index (χ1n) is 8.69. The summed E-state index contributed by atoms with van der Waals surface area (Å²) >= 11 is 0. The number of hydrogen-bond acceptors (Lipinski definition) is 3. The number of nitrogens with one attached hydrogen (secondary N) is 1. The van der Waals surface area contributed by atoms with Crippen molar-refractivity contribution in [3.05, 3.63) is 71.5 Å². The molecule has 0 unspecified atom stereocenters. The minimum absolute atomic E-state index is 0.0333. The molecule has 0 bridgehead atoms. The molecular weight excluding hydrogens is 333 g/mol.